The van der Waals surface area contributed by atoms with Gasteiger partial charge in [-0.05, 0) is 94.4 Å². The van der Waals surface area contributed by atoms with Crippen molar-refractivity contribution in [2.75, 3.05) is 0 Å². The van der Waals surface area contributed by atoms with E-state index in [-0.39, 0.29) is 5.97 Å². The zero-order chi connectivity index (χ0) is 20.3. The minimum absolute atomic E-state index is 0.103. The molecule has 0 aromatic rings. The Morgan fingerprint density at radius 3 is 2.71 bits per heavy atom. The molecule has 1 atom stereocenters. The molecule has 3 rings (SSSR count). The molecule has 3 aliphatic rings. The van der Waals surface area contributed by atoms with Crippen LogP contribution in [0.2, 0.25) is 0 Å². The predicted molar refractivity (Wildman–Crippen MR) is 117 cm³/mol. The number of fused-ring (bicyclic) bond motifs is 2. The molecule has 1 aliphatic heterocycles. The number of halogens is 1. The van der Waals surface area contributed by atoms with E-state index in [1.165, 1.54) is 16.7 Å². The van der Waals surface area contributed by atoms with Crippen LogP contribution in [0.3, 0.4) is 0 Å². The zero-order valence-electron chi connectivity index (χ0n) is 17.6. The summed E-state index contributed by atoms with van der Waals surface area (Å²) >= 11 is 6.76. The molecule has 3 nitrogen and oxygen atoms in total. The summed E-state index contributed by atoms with van der Waals surface area (Å²) in [5.41, 5.74) is 5.51. The molecule has 2 aliphatic carbocycles. The van der Waals surface area contributed by atoms with Crippen molar-refractivity contribution in [3.63, 3.8) is 0 Å². The van der Waals surface area contributed by atoms with Gasteiger partial charge in [-0.1, -0.05) is 30.7 Å². The van der Waals surface area contributed by atoms with Crippen molar-refractivity contribution in [2.45, 2.75) is 84.7 Å². The van der Waals surface area contributed by atoms with Crippen molar-refractivity contribution in [1.29, 1.82) is 0 Å². The van der Waals surface area contributed by atoms with E-state index < -0.39 is 5.60 Å². The first-order valence-electron chi connectivity index (χ1n) is 10.6. The fourth-order valence-corrected chi connectivity index (χ4v) is 4.48. The summed E-state index contributed by atoms with van der Waals surface area (Å²) in [6.45, 7) is 7.93. The topological polar surface area (TPSA) is 38.7 Å². The molecule has 0 N–H and O–H groups in total. The Balaban J connectivity index is 1.83. The van der Waals surface area contributed by atoms with Gasteiger partial charge in [0.1, 0.15) is 5.60 Å². The average molecular weight is 402 g/mol. The van der Waals surface area contributed by atoms with E-state index >= 15 is 0 Å². The van der Waals surface area contributed by atoms with E-state index in [2.05, 4.69) is 25.2 Å². The summed E-state index contributed by atoms with van der Waals surface area (Å²) in [7, 11) is 0. The van der Waals surface area contributed by atoms with E-state index in [0.29, 0.717) is 12.3 Å². The van der Waals surface area contributed by atoms with Gasteiger partial charge in [0.05, 0.1) is 5.70 Å². The average Bonchev–Trinajstić information content (AvgIpc) is 2.95. The number of aliphatic imine (C=N–C) groups is 1. The molecule has 0 saturated heterocycles. The summed E-state index contributed by atoms with van der Waals surface area (Å²) in [6.07, 6.45) is 13.7. The summed E-state index contributed by atoms with van der Waals surface area (Å²) < 4.78 is 5.52. The van der Waals surface area contributed by atoms with Crippen LogP contribution < -0.4 is 0 Å². The van der Waals surface area contributed by atoms with Gasteiger partial charge in [0.25, 0.3) is 0 Å². The number of carbonyl (C=O) groups is 1. The highest BCUT2D eigenvalue weighted by Crippen LogP contribution is 2.38. The largest absolute Gasteiger partial charge is 0.460 e. The third-order valence-electron chi connectivity index (χ3n) is 5.54. The minimum Gasteiger partial charge on any atom is -0.460 e. The van der Waals surface area contributed by atoms with Crippen LogP contribution in [0.1, 0.15) is 79.1 Å². The summed E-state index contributed by atoms with van der Waals surface area (Å²) in [5, 5.41) is 0.832. The van der Waals surface area contributed by atoms with Gasteiger partial charge < -0.3 is 4.74 Å². The van der Waals surface area contributed by atoms with Crippen molar-refractivity contribution < 1.29 is 9.53 Å². The predicted octanol–water partition coefficient (Wildman–Crippen LogP) is 6.80. The third kappa shape index (κ3) is 5.26. The smallest absolute Gasteiger partial charge is 0.306 e. The molecular weight excluding hydrogens is 370 g/mol. The van der Waals surface area contributed by atoms with E-state index in [9.17, 15) is 4.79 Å². The number of allylic oxidation sites excluding steroid dienone is 7. The first-order chi connectivity index (χ1) is 13.3. The van der Waals surface area contributed by atoms with Gasteiger partial charge in [-0.25, -0.2) is 0 Å². The highest BCUT2D eigenvalue weighted by Gasteiger charge is 2.27. The molecule has 0 radical (unpaired) electrons. The van der Waals surface area contributed by atoms with Gasteiger partial charge in [-0.15, -0.1) is 0 Å². The van der Waals surface area contributed by atoms with Crippen LogP contribution in [0.25, 0.3) is 0 Å². The second-order valence-electron chi connectivity index (χ2n) is 8.96. The Hall–Kier alpha value is -1.61. The molecule has 1 heterocycles. The Morgan fingerprint density at radius 2 is 2.00 bits per heavy atom. The molecule has 1 unspecified atom stereocenters. The lowest BCUT2D eigenvalue weighted by molar-refractivity contribution is -0.156. The van der Waals surface area contributed by atoms with Gasteiger partial charge in [0.15, 0.2) is 0 Å². The molecule has 4 heteroatoms. The third-order valence-corrected chi connectivity index (χ3v) is 5.88. The van der Waals surface area contributed by atoms with Crippen molar-refractivity contribution in [3.05, 3.63) is 45.7 Å². The van der Waals surface area contributed by atoms with E-state index in [1.807, 2.05) is 20.8 Å². The maximum atomic E-state index is 12.3. The van der Waals surface area contributed by atoms with Crippen LogP contribution in [0, 0.1) is 5.92 Å². The molecule has 1 fully saturated rings. The lowest BCUT2D eigenvalue weighted by atomic mass is 9.96. The van der Waals surface area contributed by atoms with Crippen molar-refractivity contribution in [1.82, 2.24) is 0 Å². The van der Waals surface area contributed by atoms with Gasteiger partial charge in [-0.3, -0.25) is 9.79 Å². The Kier molecular flexibility index (Phi) is 6.65. The number of carbonyl (C=O) groups excluding carboxylic acids is 1. The highest BCUT2D eigenvalue weighted by molar-refractivity contribution is 6.34. The molecular formula is C24H32ClNO2. The highest BCUT2D eigenvalue weighted by atomic mass is 35.5. The quantitative estimate of drug-likeness (QED) is 0.488. The number of ether oxygens (including phenoxy) is 1. The SMILES string of the molecule is CCC1=C2N=C3CCC(CC(=O)OC(C)(C)C)CCC3=C(Cl)C=C2CCC=C1. The lowest BCUT2D eigenvalue weighted by Crippen LogP contribution is -2.25. The Morgan fingerprint density at radius 1 is 1.25 bits per heavy atom. The first kappa shape index (κ1) is 21.1. The van der Waals surface area contributed by atoms with Crippen LogP contribution in [0.15, 0.2) is 50.7 Å². The molecule has 152 valence electrons. The molecule has 0 aromatic carbocycles. The van der Waals surface area contributed by atoms with Crippen molar-refractivity contribution in [3.8, 4) is 0 Å². The molecule has 1 saturated carbocycles. The van der Waals surface area contributed by atoms with Gasteiger partial charge in [-0.2, -0.15) is 0 Å². The lowest BCUT2D eigenvalue weighted by Gasteiger charge is -2.21. The van der Waals surface area contributed by atoms with E-state index in [4.69, 9.17) is 21.3 Å². The second kappa shape index (κ2) is 8.82. The Bertz CT molecular complexity index is 790. The van der Waals surface area contributed by atoms with Crippen LogP contribution in [0.4, 0.5) is 0 Å². The number of nitrogens with zero attached hydrogens (tertiary/aromatic N) is 1. The molecule has 0 spiro atoms. The number of hydrogen-bond acceptors (Lipinski definition) is 3. The molecule has 0 bridgehead atoms. The maximum absolute atomic E-state index is 12.3. The van der Waals surface area contributed by atoms with Gasteiger partial charge in [0, 0.05) is 17.2 Å². The number of rotatable bonds is 3. The summed E-state index contributed by atoms with van der Waals surface area (Å²) in [6, 6.07) is 0. The van der Waals surface area contributed by atoms with E-state index in [0.717, 1.165) is 61.4 Å². The first-order valence-corrected chi connectivity index (χ1v) is 10.9. The summed E-state index contributed by atoms with van der Waals surface area (Å²) in [5.74, 6) is 0.215. The zero-order valence-corrected chi connectivity index (χ0v) is 18.4. The fourth-order valence-electron chi connectivity index (χ4n) is 4.14. The molecule has 0 aromatic heterocycles. The summed E-state index contributed by atoms with van der Waals surface area (Å²) in [4.78, 5) is 17.4. The van der Waals surface area contributed by atoms with Crippen LogP contribution in [-0.4, -0.2) is 17.3 Å². The minimum atomic E-state index is -0.430. The second-order valence-corrected chi connectivity index (χ2v) is 9.36. The normalized spacial score (nSPS) is 23.1. The molecule has 0 amide bonds. The number of hydrogen-bond donors (Lipinski definition) is 0. The van der Waals surface area contributed by atoms with Crippen molar-refractivity contribution in [2.24, 2.45) is 10.9 Å². The monoisotopic (exact) mass is 401 g/mol. The maximum Gasteiger partial charge on any atom is 0.306 e. The molecule has 28 heavy (non-hydrogen) atoms. The van der Waals surface area contributed by atoms with Gasteiger partial charge >= 0.3 is 5.97 Å². The van der Waals surface area contributed by atoms with Crippen molar-refractivity contribution >= 4 is 23.3 Å². The Labute approximate surface area is 174 Å². The van der Waals surface area contributed by atoms with Crippen LogP contribution >= 0.6 is 11.6 Å². The fraction of sp³-hybridized carbons (Fsp3) is 0.583. The number of esters is 1. The standard InChI is InChI=1S/C24H32ClNO2/c1-5-17-8-6-7-9-18-15-20(25)19-12-10-16(11-13-21(19)26-23(17)18)14-22(27)28-24(2,3)4/h6,8,15-16H,5,7,9-14H2,1-4H3. The van der Waals surface area contributed by atoms with E-state index in [1.54, 1.807) is 0 Å². The van der Waals surface area contributed by atoms with Crippen LogP contribution in [0.5, 0.6) is 0 Å². The van der Waals surface area contributed by atoms with Gasteiger partial charge in [0.2, 0.25) is 0 Å². The van der Waals surface area contributed by atoms with Crippen LogP contribution in [-0.2, 0) is 9.53 Å².